The minimum absolute atomic E-state index is 0.572. The zero-order valence-corrected chi connectivity index (χ0v) is 7.10. The summed E-state index contributed by atoms with van der Waals surface area (Å²) >= 11 is 5.50. The number of halogens is 1. The van der Waals surface area contributed by atoms with Gasteiger partial charge in [0.1, 0.15) is 0 Å². The Labute approximate surface area is 67.1 Å². The maximum Gasteiger partial charge on any atom is 0.0475 e. The van der Waals surface area contributed by atoms with Crippen molar-refractivity contribution in [2.45, 2.75) is 19.7 Å². The standard InChI is InChI=1S/C6H6ClN.C2H6/c7-5-6-1-3-8-4-2-6;1-2/h1-4H,5H2;1-2H3. The highest BCUT2D eigenvalue weighted by Crippen LogP contribution is 1.98. The number of nitrogens with zero attached hydrogens (tertiary/aromatic N) is 1. The second-order valence-corrected chi connectivity index (χ2v) is 1.76. The quantitative estimate of drug-likeness (QED) is 0.572. The Kier molecular flexibility index (Phi) is 6.19. The monoisotopic (exact) mass is 157 g/mol. The van der Waals surface area contributed by atoms with Gasteiger partial charge in [-0.25, -0.2) is 0 Å². The first-order valence-electron chi connectivity index (χ1n) is 3.38. The fraction of sp³-hybridized carbons (Fsp3) is 0.375. The van der Waals surface area contributed by atoms with Crippen LogP contribution in [0.25, 0.3) is 0 Å². The molecule has 0 spiro atoms. The van der Waals surface area contributed by atoms with E-state index >= 15 is 0 Å². The van der Waals surface area contributed by atoms with E-state index in [1.165, 1.54) is 0 Å². The highest BCUT2D eigenvalue weighted by atomic mass is 35.5. The van der Waals surface area contributed by atoms with E-state index in [0.717, 1.165) is 5.56 Å². The minimum Gasteiger partial charge on any atom is -0.265 e. The third kappa shape index (κ3) is 3.46. The third-order valence-corrected chi connectivity index (χ3v) is 1.21. The molecular weight excluding hydrogens is 146 g/mol. The molecule has 0 radical (unpaired) electrons. The van der Waals surface area contributed by atoms with Gasteiger partial charge in [-0.1, -0.05) is 13.8 Å². The molecule has 1 aromatic heterocycles. The number of alkyl halides is 1. The summed E-state index contributed by atoms with van der Waals surface area (Å²) in [7, 11) is 0. The average molecular weight is 158 g/mol. The van der Waals surface area contributed by atoms with Crippen LogP contribution in [0.2, 0.25) is 0 Å². The molecule has 0 fully saturated rings. The van der Waals surface area contributed by atoms with Crippen molar-refractivity contribution < 1.29 is 0 Å². The second-order valence-electron chi connectivity index (χ2n) is 1.49. The number of aromatic nitrogens is 1. The molecule has 1 aromatic rings. The highest BCUT2D eigenvalue weighted by Gasteiger charge is 1.82. The van der Waals surface area contributed by atoms with E-state index in [0.29, 0.717) is 5.88 Å². The van der Waals surface area contributed by atoms with Crippen LogP contribution in [0.15, 0.2) is 24.5 Å². The van der Waals surface area contributed by atoms with Crippen molar-refractivity contribution in [2.24, 2.45) is 0 Å². The molecule has 0 bridgehead atoms. The summed E-state index contributed by atoms with van der Waals surface area (Å²) in [4.78, 5) is 3.83. The van der Waals surface area contributed by atoms with Crippen LogP contribution < -0.4 is 0 Å². The maximum atomic E-state index is 5.50. The summed E-state index contributed by atoms with van der Waals surface area (Å²) < 4.78 is 0. The molecule has 0 aromatic carbocycles. The molecule has 1 rings (SSSR count). The molecule has 0 unspecified atom stereocenters. The molecule has 1 nitrogen and oxygen atoms in total. The summed E-state index contributed by atoms with van der Waals surface area (Å²) in [5.41, 5.74) is 1.11. The van der Waals surface area contributed by atoms with Crippen molar-refractivity contribution in [1.82, 2.24) is 4.98 Å². The normalized spacial score (nSPS) is 7.90. The van der Waals surface area contributed by atoms with Crippen LogP contribution in [0.5, 0.6) is 0 Å². The largest absolute Gasteiger partial charge is 0.265 e. The Balaban J connectivity index is 0.000000371. The van der Waals surface area contributed by atoms with Gasteiger partial charge in [0.15, 0.2) is 0 Å². The Morgan fingerprint density at radius 3 is 2.10 bits per heavy atom. The van der Waals surface area contributed by atoms with Gasteiger partial charge in [-0.05, 0) is 17.7 Å². The van der Waals surface area contributed by atoms with Crippen LogP contribution in [0.3, 0.4) is 0 Å². The first-order chi connectivity index (χ1) is 4.93. The Morgan fingerprint density at radius 1 is 1.30 bits per heavy atom. The summed E-state index contributed by atoms with van der Waals surface area (Å²) in [6.45, 7) is 4.00. The van der Waals surface area contributed by atoms with Gasteiger partial charge in [0.25, 0.3) is 0 Å². The fourth-order valence-corrected chi connectivity index (χ4v) is 0.650. The lowest BCUT2D eigenvalue weighted by atomic mass is 10.3. The average Bonchev–Trinajstić information content (AvgIpc) is 2.10. The summed E-state index contributed by atoms with van der Waals surface area (Å²) in [5, 5.41) is 0. The van der Waals surface area contributed by atoms with Crippen molar-refractivity contribution in [3.05, 3.63) is 30.1 Å². The van der Waals surface area contributed by atoms with Gasteiger partial charge in [-0.3, -0.25) is 4.98 Å². The molecule has 0 atom stereocenters. The van der Waals surface area contributed by atoms with Gasteiger partial charge in [0.2, 0.25) is 0 Å². The summed E-state index contributed by atoms with van der Waals surface area (Å²) in [6, 6.07) is 3.79. The van der Waals surface area contributed by atoms with Crippen LogP contribution in [0.4, 0.5) is 0 Å². The predicted molar refractivity (Wildman–Crippen MR) is 45.1 cm³/mol. The summed E-state index contributed by atoms with van der Waals surface area (Å²) in [5.74, 6) is 0.572. The van der Waals surface area contributed by atoms with E-state index in [1.54, 1.807) is 12.4 Å². The SMILES string of the molecule is CC.ClCc1ccncc1. The molecule has 2 heteroatoms. The van der Waals surface area contributed by atoms with Crippen LogP contribution in [-0.2, 0) is 5.88 Å². The third-order valence-electron chi connectivity index (χ3n) is 0.904. The van der Waals surface area contributed by atoms with Gasteiger partial charge in [0, 0.05) is 18.3 Å². The fourth-order valence-electron chi connectivity index (χ4n) is 0.472. The van der Waals surface area contributed by atoms with Gasteiger partial charge >= 0.3 is 0 Å². The van der Waals surface area contributed by atoms with E-state index in [2.05, 4.69) is 4.98 Å². The molecule has 0 saturated heterocycles. The molecule has 56 valence electrons. The van der Waals surface area contributed by atoms with Crippen molar-refractivity contribution in [1.29, 1.82) is 0 Å². The number of hydrogen-bond donors (Lipinski definition) is 0. The lowest BCUT2D eigenvalue weighted by molar-refractivity contribution is 1.27. The number of hydrogen-bond acceptors (Lipinski definition) is 1. The first-order valence-corrected chi connectivity index (χ1v) is 3.92. The van der Waals surface area contributed by atoms with E-state index in [9.17, 15) is 0 Å². The topological polar surface area (TPSA) is 12.9 Å². The van der Waals surface area contributed by atoms with E-state index < -0.39 is 0 Å². The van der Waals surface area contributed by atoms with Crippen LogP contribution in [0, 0.1) is 0 Å². The van der Waals surface area contributed by atoms with Crippen molar-refractivity contribution in [3.8, 4) is 0 Å². The minimum atomic E-state index is 0.572. The van der Waals surface area contributed by atoms with E-state index in [-0.39, 0.29) is 0 Å². The van der Waals surface area contributed by atoms with Gasteiger partial charge < -0.3 is 0 Å². The molecule has 0 amide bonds. The van der Waals surface area contributed by atoms with Crippen LogP contribution in [-0.4, -0.2) is 4.98 Å². The van der Waals surface area contributed by atoms with Crippen molar-refractivity contribution in [2.75, 3.05) is 0 Å². The smallest absolute Gasteiger partial charge is 0.0475 e. The van der Waals surface area contributed by atoms with Crippen LogP contribution in [0.1, 0.15) is 19.4 Å². The zero-order chi connectivity index (χ0) is 7.82. The van der Waals surface area contributed by atoms with Crippen LogP contribution >= 0.6 is 11.6 Å². The van der Waals surface area contributed by atoms with Gasteiger partial charge in [0.05, 0.1) is 0 Å². The predicted octanol–water partition coefficient (Wildman–Crippen LogP) is 2.85. The first kappa shape index (κ1) is 9.44. The lowest BCUT2D eigenvalue weighted by Gasteiger charge is -1.87. The number of pyridine rings is 1. The molecule has 0 aliphatic heterocycles. The lowest BCUT2D eigenvalue weighted by Crippen LogP contribution is -1.74. The molecule has 1 heterocycles. The zero-order valence-electron chi connectivity index (χ0n) is 6.34. The molecule has 0 saturated carbocycles. The molecule has 10 heavy (non-hydrogen) atoms. The van der Waals surface area contributed by atoms with Gasteiger partial charge in [-0.15, -0.1) is 11.6 Å². The van der Waals surface area contributed by atoms with Gasteiger partial charge in [-0.2, -0.15) is 0 Å². The Bertz CT molecular complexity index is 151. The van der Waals surface area contributed by atoms with Crippen molar-refractivity contribution >= 4 is 11.6 Å². The maximum absolute atomic E-state index is 5.50. The second kappa shape index (κ2) is 6.56. The molecular formula is C8H12ClN. The molecule has 0 aliphatic carbocycles. The molecule has 0 aliphatic rings. The van der Waals surface area contributed by atoms with E-state index in [4.69, 9.17) is 11.6 Å². The Hall–Kier alpha value is -0.560. The highest BCUT2D eigenvalue weighted by molar-refractivity contribution is 6.17. The molecule has 0 N–H and O–H groups in total. The summed E-state index contributed by atoms with van der Waals surface area (Å²) in [6.07, 6.45) is 3.47. The Morgan fingerprint density at radius 2 is 1.80 bits per heavy atom. The van der Waals surface area contributed by atoms with Crippen molar-refractivity contribution in [3.63, 3.8) is 0 Å². The van der Waals surface area contributed by atoms with E-state index in [1.807, 2.05) is 26.0 Å². The number of rotatable bonds is 1.